The van der Waals surface area contributed by atoms with Crippen molar-refractivity contribution in [2.45, 2.75) is 32.2 Å². The Labute approximate surface area is 188 Å². The van der Waals surface area contributed by atoms with Crippen molar-refractivity contribution in [2.75, 3.05) is 25.5 Å². The number of carbonyl (C=O) groups excluding carboxylic acids is 1. The number of alkyl halides is 3. The Bertz CT molecular complexity index is 979. The summed E-state index contributed by atoms with van der Waals surface area (Å²) in [7, 11) is 1.68. The second kappa shape index (κ2) is 10.2. The summed E-state index contributed by atoms with van der Waals surface area (Å²) in [4.78, 5) is 19.9. The summed E-state index contributed by atoms with van der Waals surface area (Å²) in [5.74, 6) is -0.367. The highest BCUT2D eigenvalue weighted by molar-refractivity contribution is 7.18. The third-order valence-electron chi connectivity index (χ3n) is 5.00. The summed E-state index contributed by atoms with van der Waals surface area (Å²) >= 11 is 1.31. The van der Waals surface area contributed by atoms with E-state index in [1.54, 1.807) is 20.1 Å². The minimum atomic E-state index is -4.75. The molecule has 10 heteroatoms. The molecule has 0 atom stereocenters. The molecule has 32 heavy (non-hydrogen) atoms. The van der Waals surface area contributed by atoms with Gasteiger partial charge < -0.3 is 19.7 Å². The zero-order chi connectivity index (χ0) is 23.3. The molecule has 1 N–H and O–H groups in total. The molecule has 0 radical (unpaired) electrons. The van der Waals surface area contributed by atoms with Gasteiger partial charge in [-0.15, -0.1) is 24.5 Å². The molecule has 1 fully saturated rings. The minimum Gasteiger partial charge on any atom is -0.406 e. The van der Waals surface area contributed by atoms with Crippen LogP contribution in [-0.4, -0.2) is 49.2 Å². The molecule has 172 valence electrons. The van der Waals surface area contributed by atoms with Crippen molar-refractivity contribution in [3.63, 3.8) is 0 Å². The van der Waals surface area contributed by atoms with Crippen LogP contribution in [0.5, 0.6) is 5.75 Å². The molecule has 1 aliphatic heterocycles. The van der Waals surface area contributed by atoms with Crippen LogP contribution in [0.4, 0.5) is 23.9 Å². The summed E-state index contributed by atoms with van der Waals surface area (Å²) in [6.07, 6.45) is -1.45. The zero-order valence-electron chi connectivity index (χ0n) is 17.7. The average Bonchev–Trinajstić information content (AvgIpc) is 3.18. The predicted molar refractivity (Wildman–Crippen MR) is 119 cm³/mol. The Balaban J connectivity index is 1.79. The number of nitrogens with one attached hydrogen (secondary N) is 1. The third-order valence-corrected chi connectivity index (χ3v) is 6.05. The van der Waals surface area contributed by atoms with E-state index >= 15 is 0 Å². The minimum absolute atomic E-state index is 0.0515. The van der Waals surface area contributed by atoms with Gasteiger partial charge in [-0.05, 0) is 56.3 Å². The number of benzene rings is 1. The highest BCUT2D eigenvalue weighted by atomic mass is 32.1. The molecular formula is C22H24F3N3O3S. The standard InChI is InChI=1S/C22H24F3N3O3S/c1-4-26-20-18(13-19(32-20)21(29)28-11-9-16(30-3)10-12-28)14(2)27-15-5-7-17(8-6-15)31-22(23,24)25/h4-8,13,16,26H,1,9-12H2,2-3H3. The van der Waals surface area contributed by atoms with Crippen molar-refractivity contribution < 1.29 is 27.4 Å². The van der Waals surface area contributed by atoms with E-state index in [4.69, 9.17) is 4.74 Å². The van der Waals surface area contributed by atoms with Crippen molar-refractivity contribution in [2.24, 2.45) is 4.99 Å². The Hall–Kier alpha value is -2.85. The number of methoxy groups -OCH3 is 1. The van der Waals surface area contributed by atoms with Crippen LogP contribution in [0.2, 0.25) is 0 Å². The first-order chi connectivity index (χ1) is 15.2. The lowest BCUT2D eigenvalue weighted by atomic mass is 10.1. The van der Waals surface area contributed by atoms with Crippen LogP contribution in [-0.2, 0) is 4.74 Å². The van der Waals surface area contributed by atoms with Crippen LogP contribution in [0.15, 0.2) is 48.1 Å². The van der Waals surface area contributed by atoms with E-state index in [1.807, 2.05) is 4.90 Å². The fraction of sp³-hybridized carbons (Fsp3) is 0.364. The van der Waals surface area contributed by atoms with Crippen LogP contribution in [0.3, 0.4) is 0 Å². The molecule has 1 saturated heterocycles. The van der Waals surface area contributed by atoms with E-state index in [0.717, 1.165) is 18.4 Å². The van der Waals surface area contributed by atoms with Gasteiger partial charge in [0.05, 0.1) is 16.7 Å². The molecule has 1 aliphatic rings. The summed E-state index contributed by atoms with van der Waals surface area (Å²) in [5.41, 5.74) is 1.79. The highest BCUT2D eigenvalue weighted by Crippen LogP contribution is 2.32. The van der Waals surface area contributed by atoms with Crippen molar-refractivity contribution >= 4 is 33.6 Å². The van der Waals surface area contributed by atoms with Crippen LogP contribution < -0.4 is 10.1 Å². The number of thiophene rings is 1. The van der Waals surface area contributed by atoms with Gasteiger partial charge in [0.1, 0.15) is 10.8 Å². The van der Waals surface area contributed by atoms with Gasteiger partial charge in [0.2, 0.25) is 0 Å². The van der Waals surface area contributed by atoms with E-state index in [1.165, 1.54) is 41.8 Å². The largest absolute Gasteiger partial charge is 0.573 e. The first-order valence-corrected chi connectivity index (χ1v) is 10.8. The maximum absolute atomic E-state index is 13.0. The number of aliphatic imine (C=N–C) groups is 1. The summed E-state index contributed by atoms with van der Waals surface area (Å²) in [6.45, 7) is 6.72. The van der Waals surface area contributed by atoms with Gasteiger partial charge in [0.15, 0.2) is 0 Å². The van der Waals surface area contributed by atoms with E-state index < -0.39 is 6.36 Å². The predicted octanol–water partition coefficient (Wildman–Crippen LogP) is 5.59. The van der Waals surface area contributed by atoms with Crippen LogP contribution >= 0.6 is 11.3 Å². The topological polar surface area (TPSA) is 63.2 Å². The van der Waals surface area contributed by atoms with Gasteiger partial charge in [0.25, 0.3) is 5.91 Å². The number of anilines is 1. The van der Waals surface area contributed by atoms with Crippen LogP contribution in [0, 0.1) is 0 Å². The normalized spacial score (nSPS) is 15.5. The van der Waals surface area contributed by atoms with Crippen LogP contribution in [0.25, 0.3) is 0 Å². The van der Waals surface area contributed by atoms with Crippen molar-refractivity contribution in [1.29, 1.82) is 0 Å². The number of piperidine rings is 1. The number of amides is 1. The van der Waals surface area contributed by atoms with Gasteiger partial charge in [-0.2, -0.15) is 0 Å². The first-order valence-electron chi connectivity index (χ1n) is 9.95. The highest BCUT2D eigenvalue weighted by Gasteiger charge is 2.31. The number of carbonyl (C=O) groups is 1. The van der Waals surface area contributed by atoms with Gasteiger partial charge in [0, 0.05) is 31.5 Å². The van der Waals surface area contributed by atoms with Crippen molar-refractivity contribution in [1.82, 2.24) is 4.90 Å². The van der Waals surface area contributed by atoms with Gasteiger partial charge in [-0.25, -0.2) is 0 Å². The molecule has 0 bridgehead atoms. The molecule has 0 aliphatic carbocycles. The number of ether oxygens (including phenoxy) is 2. The first kappa shape index (κ1) is 23.8. The molecule has 1 aromatic carbocycles. The summed E-state index contributed by atoms with van der Waals surface area (Å²) in [5, 5.41) is 3.75. The van der Waals surface area contributed by atoms with Crippen LogP contribution in [0.1, 0.15) is 35.0 Å². The van der Waals surface area contributed by atoms with Crippen molar-refractivity contribution in [3.8, 4) is 5.75 Å². The quantitative estimate of drug-likeness (QED) is 0.539. The SMILES string of the molecule is C=CNc1sc(C(=O)N2CCC(OC)CC2)cc1C(C)=Nc1ccc(OC(F)(F)F)cc1. The number of rotatable bonds is 7. The maximum Gasteiger partial charge on any atom is 0.573 e. The lowest BCUT2D eigenvalue weighted by Crippen LogP contribution is -2.40. The molecule has 1 aromatic heterocycles. The number of nitrogens with zero attached hydrogens (tertiary/aromatic N) is 2. The van der Waals surface area contributed by atoms with Crippen molar-refractivity contribution in [3.05, 3.63) is 53.6 Å². The van der Waals surface area contributed by atoms with E-state index in [2.05, 4.69) is 21.6 Å². The summed E-state index contributed by atoms with van der Waals surface area (Å²) in [6, 6.07) is 7.05. The fourth-order valence-electron chi connectivity index (χ4n) is 3.39. The Morgan fingerprint density at radius 3 is 2.50 bits per heavy atom. The molecule has 1 amide bonds. The molecule has 6 nitrogen and oxygen atoms in total. The lowest BCUT2D eigenvalue weighted by molar-refractivity contribution is -0.274. The Morgan fingerprint density at radius 1 is 1.28 bits per heavy atom. The molecule has 3 rings (SSSR count). The van der Waals surface area contributed by atoms with Gasteiger partial charge in [-0.1, -0.05) is 6.58 Å². The average molecular weight is 468 g/mol. The number of halogens is 3. The van der Waals surface area contributed by atoms with Gasteiger partial charge >= 0.3 is 6.36 Å². The Morgan fingerprint density at radius 2 is 1.94 bits per heavy atom. The number of hydrogen-bond donors (Lipinski definition) is 1. The Kier molecular flexibility index (Phi) is 7.57. The molecule has 2 heterocycles. The lowest BCUT2D eigenvalue weighted by Gasteiger charge is -2.30. The smallest absolute Gasteiger partial charge is 0.406 e. The molecule has 0 spiro atoms. The number of likely N-dealkylation sites (tertiary alicyclic amines) is 1. The second-order valence-electron chi connectivity index (χ2n) is 7.17. The fourth-order valence-corrected chi connectivity index (χ4v) is 4.46. The zero-order valence-corrected chi connectivity index (χ0v) is 18.6. The molecule has 0 saturated carbocycles. The van der Waals surface area contributed by atoms with E-state index in [9.17, 15) is 18.0 Å². The molecular weight excluding hydrogens is 443 g/mol. The monoisotopic (exact) mass is 467 g/mol. The second-order valence-corrected chi connectivity index (χ2v) is 8.22. The number of hydrogen-bond acceptors (Lipinski definition) is 6. The maximum atomic E-state index is 13.0. The van der Waals surface area contributed by atoms with E-state index in [-0.39, 0.29) is 17.8 Å². The van der Waals surface area contributed by atoms with Gasteiger partial charge in [-0.3, -0.25) is 9.79 Å². The molecule has 0 unspecified atom stereocenters. The molecule has 2 aromatic rings. The van der Waals surface area contributed by atoms with E-state index in [0.29, 0.717) is 34.4 Å². The third kappa shape index (κ3) is 6.10. The summed E-state index contributed by atoms with van der Waals surface area (Å²) < 4.78 is 46.2.